The van der Waals surface area contributed by atoms with Crippen LogP contribution >= 0.6 is 0 Å². The zero-order chi connectivity index (χ0) is 17.4. The molecule has 0 bridgehead atoms. The van der Waals surface area contributed by atoms with Gasteiger partial charge in [0, 0.05) is 40.0 Å². The second kappa shape index (κ2) is 9.67. The molecule has 2 rings (SSSR count). The molecule has 0 radical (unpaired) electrons. The summed E-state index contributed by atoms with van der Waals surface area (Å²) < 4.78 is 0. The first-order valence-corrected chi connectivity index (χ1v) is 6.84. The molecule has 25 heavy (non-hydrogen) atoms. The van der Waals surface area contributed by atoms with E-state index in [0.29, 0.717) is 11.1 Å². The predicted molar refractivity (Wildman–Crippen MR) is 89.7 cm³/mol. The van der Waals surface area contributed by atoms with Gasteiger partial charge in [0.1, 0.15) is 23.6 Å². The van der Waals surface area contributed by atoms with E-state index in [1.807, 2.05) is 0 Å². The van der Waals surface area contributed by atoms with Crippen molar-refractivity contribution in [2.45, 2.75) is 0 Å². The normalized spacial score (nSPS) is 11.4. The van der Waals surface area contributed by atoms with E-state index in [1.165, 1.54) is 24.6 Å². The molecule has 0 saturated heterocycles. The third kappa shape index (κ3) is 5.32. The predicted octanol–water partition coefficient (Wildman–Crippen LogP) is 2.89. The molecule has 6 nitrogen and oxygen atoms in total. The Balaban J connectivity index is 0.00000312. The number of phenols is 2. The molecule has 0 atom stereocenters. The van der Waals surface area contributed by atoms with E-state index in [-0.39, 0.29) is 39.4 Å². The smallest absolute Gasteiger partial charge is 0.176 e. The molecule has 0 spiro atoms. The van der Waals surface area contributed by atoms with Gasteiger partial charge in [-0.1, -0.05) is 24.3 Å². The van der Waals surface area contributed by atoms with Gasteiger partial charge >= 0.3 is 0 Å². The molecule has 0 saturated carbocycles. The Morgan fingerprint density at radius 1 is 0.760 bits per heavy atom. The van der Waals surface area contributed by atoms with Crippen LogP contribution in [0.4, 0.5) is 0 Å². The van der Waals surface area contributed by atoms with Gasteiger partial charge in [-0.3, -0.25) is 0 Å². The Morgan fingerprint density at radius 3 is 1.44 bits per heavy atom. The maximum Gasteiger partial charge on any atom is 0.176 e. The van der Waals surface area contributed by atoms with E-state index in [4.69, 9.17) is 10.5 Å². The van der Waals surface area contributed by atoms with Gasteiger partial charge in [-0.25, -0.2) is 9.98 Å². The number of hydrogen-bond donors (Lipinski definition) is 2. The Hall–Kier alpha value is -3.41. The summed E-state index contributed by atoms with van der Waals surface area (Å²) in [6, 6.07) is 16.5. The van der Waals surface area contributed by atoms with Crippen molar-refractivity contribution < 1.29 is 26.7 Å². The van der Waals surface area contributed by atoms with Crippen molar-refractivity contribution >= 4 is 12.4 Å². The maximum absolute atomic E-state index is 9.66. The minimum Gasteiger partial charge on any atom is -0.507 e. The van der Waals surface area contributed by atoms with Crippen molar-refractivity contribution in [2.24, 2.45) is 9.98 Å². The van der Waals surface area contributed by atoms with Crippen molar-refractivity contribution in [3.8, 4) is 23.6 Å². The van der Waals surface area contributed by atoms with Gasteiger partial charge in [-0.15, -0.1) is 0 Å². The maximum atomic E-state index is 9.66. The van der Waals surface area contributed by atoms with E-state index >= 15 is 0 Å². The Labute approximate surface area is 154 Å². The largest absolute Gasteiger partial charge is 0.507 e. The van der Waals surface area contributed by atoms with E-state index in [0.717, 1.165) is 0 Å². The summed E-state index contributed by atoms with van der Waals surface area (Å²) in [5.41, 5.74) is 0.416. The molecule has 0 aliphatic rings. The van der Waals surface area contributed by atoms with Gasteiger partial charge in [0.15, 0.2) is 11.4 Å². The Bertz CT molecular complexity index is 846. The molecule has 2 N–H and O–H groups in total. The standard InChI is InChI=1S/C18H12N4O2.Ni/c19-9-15(21-11-13-5-1-3-7-17(13)23)16(10-20)22-12-14-6-2-4-8-18(14)24;/h1-8,11-12,23-24H;/b16-15+,21-11?,22-12?;. The molecule has 0 amide bonds. The van der Waals surface area contributed by atoms with Crippen LogP contribution < -0.4 is 0 Å². The van der Waals surface area contributed by atoms with Gasteiger partial charge in [-0.2, -0.15) is 10.5 Å². The molecule has 2 aromatic carbocycles. The van der Waals surface area contributed by atoms with Crippen LogP contribution in [0.25, 0.3) is 0 Å². The number of phenolic OH excluding ortho intramolecular Hbond substituents is 2. The van der Waals surface area contributed by atoms with Crippen molar-refractivity contribution in [3.63, 3.8) is 0 Å². The molecule has 0 unspecified atom stereocenters. The number of hydrogen-bond acceptors (Lipinski definition) is 6. The van der Waals surface area contributed by atoms with E-state index in [2.05, 4.69) is 9.98 Å². The Morgan fingerprint density at radius 2 is 1.12 bits per heavy atom. The fourth-order valence-corrected chi connectivity index (χ4v) is 1.75. The van der Waals surface area contributed by atoms with E-state index in [1.54, 1.807) is 48.5 Å². The zero-order valence-electron chi connectivity index (χ0n) is 12.8. The molecule has 0 heterocycles. The molecule has 0 aliphatic heterocycles. The van der Waals surface area contributed by atoms with Crippen molar-refractivity contribution in [2.75, 3.05) is 0 Å². The van der Waals surface area contributed by atoms with E-state index < -0.39 is 0 Å². The molecule has 7 heteroatoms. The van der Waals surface area contributed by atoms with Crippen molar-refractivity contribution in [1.82, 2.24) is 0 Å². The number of benzene rings is 2. The third-order valence-corrected chi connectivity index (χ3v) is 2.98. The van der Waals surface area contributed by atoms with Crippen LogP contribution in [0.15, 0.2) is 69.9 Å². The fourth-order valence-electron chi connectivity index (χ4n) is 1.75. The monoisotopic (exact) mass is 374 g/mol. The van der Waals surface area contributed by atoms with E-state index in [9.17, 15) is 10.2 Å². The molecular formula is C18H12N4NiO2. The van der Waals surface area contributed by atoms with Crippen LogP contribution in [-0.4, -0.2) is 22.6 Å². The summed E-state index contributed by atoms with van der Waals surface area (Å²) in [7, 11) is 0. The van der Waals surface area contributed by atoms with Crippen LogP contribution in [-0.2, 0) is 16.5 Å². The number of allylic oxidation sites excluding steroid dienone is 2. The summed E-state index contributed by atoms with van der Waals surface area (Å²) in [5.74, 6) is 0.0181. The zero-order valence-corrected chi connectivity index (χ0v) is 13.8. The number of rotatable bonds is 4. The van der Waals surface area contributed by atoms with Crippen LogP contribution in [0.2, 0.25) is 0 Å². The first kappa shape index (κ1) is 19.6. The summed E-state index contributed by atoms with van der Waals surface area (Å²) in [6.45, 7) is 0. The third-order valence-electron chi connectivity index (χ3n) is 2.98. The second-order valence-electron chi connectivity index (χ2n) is 4.55. The number of nitriles is 2. The molecule has 0 aromatic heterocycles. The number of aromatic hydroxyl groups is 2. The quantitative estimate of drug-likeness (QED) is 0.486. The molecule has 0 aliphatic carbocycles. The van der Waals surface area contributed by atoms with Gasteiger partial charge in [0.25, 0.3) is 0 Å². The summed E-state index contributed by atoms with van der Waals surface area (Å²) in [6.07, 6.45) is 2.56. The minimum atomic E-state index is -0.201. The molecule has 126 valence electrons. The fraction of sp³-hybridized carbons (Fsp3) is 0. The van der Waals surface area contributed by atoms with Crippen LogP contribution in [0, 0.1) is 22.7 Å². The second-order valence-corrected chi connectivity index (χ2v) is 4.55. The van der Waals surface area contributed by atoms with Crippen LogP contribution in [0.5, 0.6) is 11.5 Å². The summed E-state index contributed by atoms with van der Waals surface area (Å²) in [4.78, 5) is 7.83. The number of nitrogens with zero attached hydrogens (tertiary/aromatic N) is 4. The average Bonchev–Trinajstić information content (AvgIpc) is 2.60. The van der Waals surface area contributed by atoms with Crippen molar-refractivity contribution in [3.05, 3.63) is 71.1 Å². The topological polar surface area (TPSA) is 113 Å². The first-order valence-electron chi connectivity index (χ1n) is 6.84. The molecule has 2 aromatic rings. The molecular weight excluding hydrogens is 363 g/mol. The number of para-hydroxylation sites is 2. The van der Waals surface area contributed by atoms with Gasteiger partial charge in [0.05, 0.1) is 0 Å². The first-order chi connectivity index (χ1) is 11.7. The Kier molecular flexibility index (Phi) is 7.60. The van der Waals surface area contributed by atoms with Crippen LogP contribution in [0.1, 0.15) is 11.1 Å². The number of aliphatic imine (C=N–C) groups is 2. The average molecular weight is 375 g/mol. The summed E-state index contributed by atoms with van der Waals surface area (Å²) in [5, 5.41) is 37.7. The van der Waals surface area contributed by atoms with Gasteiger partial charge in [0.2, 0.25) is 0 Å². The van der Waals surface area contributed by atoms with Crippen molar-refractivity contribution in [1.29, 1.82) is 10.5 Å². The minimum absolute atomic E-state index is 0. The SMILES string of the molecule is N#C/C(N=Cc1ccccc1O)=C(/C#N)N=Cc1ccccc1O.[Ni]. The molecule has 0 fully saturated rings. The summed E-state index contributed by atoms with van der Waals surface area (Å²) >= 11 is 0. The van der Waals surface area contributed by atoms with Crippen LogP contribution in [0.3, 0.4) is 0 Å². The van der Waals surface area contributed by atoms with Gasteiger partial charge in [-0.05, 0) is 24.3 Å². The van der Waals surface area contributed by atoms with Gasteiger partial charge < -0.3 is 10.2 Å².